The lowest BCUT2D eigenvalue weighted by Gasteiger charge is -2.12. The molecule has 4 aromatic rings. The maximum Gasteiger partial charge on any atom is 0.331 e. The van der Waals surface area contributed by atoms with E-state index in [-0.39, 0.29) is 18.0 Å². The van der Waals surface area contributed by atoms with E-state index in [4.69, 9.17) is 14.0 Å². The first kappa shape index (κ1) is 20.4. The fourth-order valence-corrected chi connectivity index (χ4v) is 3.49. The lowest BCUT2D eigenvalue weighted by molar-refractivity contribution is 0.355. The van der Waals surface area contributed by atoms with Crippen molar-refractivity contribution in [3.8, 4) is 22.9 Å². The molecule has 0 amide bonds. The standard InChI is InChI=1S/C22H22N4O5/c1-4-11-25-21(27)15-7-5-6-8-16(15)26(22(25)28)13-19-23-20(24-31-19)14-9-10-17(29-2)18(12-14)30-3/h5-10,12H,4,11,13H2,1-3H3. The minimum Gasteiger partial charge on any atom is -0.493 e. The summed E-state index contributed by atoms with van der Waals surface area (Å²) in [6.45, 7) is 2.30. The average molecular weight is 422 g/mol. The van der Waals surface area contributed by atoms with Crippen LogP contribution in [0.1, 0.15) is 19.2 Å². The largest absolute Gasteiger partial charge is 0.493 e. The molecule has 0 aliphatic heterocycles. The molecule has 0 atom stereocenters. The van der Waals surface area contributed by atoms with Crippen LogP contribution in [-0.2, 0) is 13.1 Å². The van der Waals surface area contributed by atoms with Gasteiger partial charge >= 0.3 is 5.69 Å². The molecule has 0 N–H and O–H groups in total. The molecule has 0 spiro atoms. The maximum atomic E-state index is 13.0. The molecule has 0 unspecified atom stereocenters. The molecule has 2 aromatic carbocycles. The van der Waals surface area contributed by atoms with E-state index >= 15 is 0 Å². The number of fused-ring (bicyclic) bond motifs is 1. The molecule has 0 saturated heterocycles. The third-order valence-electron chi connectivity index (χ3n) is 4.98. The van der Waals surface area contributed by atoms with Crippen molar-refractivity contribution in [2.45, 2.75) is 26.4 Å². The van der Waals surface area contributed by atoms with Gasteiger partial charge in [0.2, 0.25) is 11.7 Å². The number of methoxy groups -OCH3 is 2. The van der Waals surface area contributed by atoms with Gasteiger partial charge in [0.1, 0.15) is 6.54 Å². The number of hydrogen-bond acceptors (Lipinski definition) is 7. The Morgan fingerprint density at radius 2 is 1.77 bits per heavy atom. The van der Waals surface area contributed by atoms with E-state index in [0.717, 1.165) is 0 Å². The van der Waals surface area contributed by atoms with Crippen molar-refractivity contribution in [3.63, 3.8) is 0 Å². The van der Waals surface area contributed by atoms with Gasteiger partial charge in [-0.05, 0) is 36.8 Å². The van der Waals surface area contributed by atoms with Crippen molar-refractivity contribution in [3.05, 3.63) is 69.2 Å². The predicted octanol–water partition coefficient (Wildman–Crippen LogP) is 2.69. The fraction of sp³-hybridized carbons (Fsp3) is 0.273. The molecule has 2 aromatic heterocycles. The molecule has 0 aliphatic rings. The fourth-order valence-electron chi connectivity index (χ4n) is 3.49. The smallest absolute Gasteiger partial charge is 0.331 e. The van der Waals surface area contributed by atoms with Gasteiger partial charge in [-0.3, -0.25) is 13.9 Å². The van der Waals surface area contributed by atoms with Crippen LogP contribution >= 0.6 is 0 Å². The Labute approximate surface area is 177 Å². The third kappa shape index (κ3) is 3.70. The average Bonchev–Trinajstić information content (AvgIpc) is 3.27. The van der Waals surface area contributed by atoms with Crippen molar-refractivity contribution in [1.82, 2.24) is 19.3 Å². The van der Waals surface area contributed by atoms with Gasteiger partial charge in [0.25, 0.3) is 5.56 Å². The normalized spacial score (nSPS) is 11.1. The topological polar surface area (TPSA) is 101 Å². The number of rotatable bonds is 7. The maximum absolute atomic E-state index is 13.0. The van der Waals surface area contributed by atoms with Crippen LogP contribution in [0.5, 0.6) is 11.5 Å². The molecule has 9 nitrogen and oxygen atoms in total. The Balaban J connectivity index is 1.76. The number of nitrogens with zero attached hydrogens (tertiary/aromatic N) is 4. The van der Waals surface area contributed by atoms with Crippen molar-refractivity contribution in [2.24, 2.45) is 0 Å². The lowest BCUT2D eigenvalue weighted by atomic mass is 10.2. The van der Waals surface area contributed by atoms with Gasteiger partial charge in [0, 0.05) is 12.1 Å². The molecule has 0 bridgehead atoms. The molecular formula is C22H22N4O5. The number of aromatic nitrogens is 4. The van der Waals surface area contributed by atoms with Gasteiger partial charge in [-0.25, -0.2) is 4.79 Å². The highest BCUT2D eigenvalue weighted by Crippen LogP contribution is 2.31. The Morgan fingerprint density at radius 1 is 1.00 bits per heavy atom. The van der Waals surface area contributed by atoms with Crippen LogP contribution in [0, 0.1) is 0 Å². The van der Waals surface area contributed by atoms with Crippen molar-refractivity contribution in [1.29, 1.82) is 0 Å². The SMILES string of the molecule is CCCn1c(=O)c2ccccc2n(Cc2nc(-c3ccc(OC)c(OC)c3)no2)c1=O. The summed E-state index contributed by atoms with van der Waals surface area (Å²) < 4.78 is 18.7. The summed E-state index contributed by atoms with van der Waals surface area (Å²) in [6.07, 6.45) is 0.664. The highest BCUT2D eigenvalue weighted by atomic mass is 16.5. The second-order valence-electron chi connectivity index (χ2n) is 6.92. The lowest BCUT2D eigenvalue weighted by Crippen LogP contribution is -2.40. The Kier molecular flexibility index (Phi) is 5.57. The molecule has 0 radical (unpaired) electrons. The number of benzene rings is 2. The molecule has 9 heteroatoms. The van der Waals surface area contributed by atoms with Crippen LogP contribution in [0.2, 0.25) is 0 Å². The van der Waals surface area contributed by atoms with Gasteiger partial charge in [-0.2, -0.15) is 4.98 Å². The van der Waals surface area contributed by atoms with Gasteiger partial charge in [-0.1, -0.05) is 24.2 Å². The molecule has 0 fully saturated rings. The first-order chi connectivity index (χ1) is 15.1. The number of para-hydroxylation sites is 1. The zero-order valence-electron chi connectivity index (χ0n) is 17.5. The van der Waals surface area contributed by atoms with Crippen LogP contribution in [0.3, 0.4) is 0 Å². The van der Waals surface area contributed by atoms with E-state index in [1.54, 1.807) is 56.7 Å². The van der Waals surface area contributed by atoms with E-state index in [1.807, 2.05) is 6.92 Å². The molecule has 2 heterocycles. The van der Waals surface area contributed by atoms with Gasteiger partial charge in [0.05, 0.1) is 25.1 Å². The van der Waals surface area contributed by atoms with Gasteiger partial charge in [0.15, 0.2) is 11.5 Å². The van der Waals surface area contributed by atoms with Crippen molar-refractivity contribution >= 4 is 10.9 Å². The zero-order chi connectivity index (χ0) is 22.0. The number of ether oxygens (including phenoxy) is 2. The monoisotopic (exact) mass is 422 g/mol. The Hall–Kier alpha value is -3.88. The Bertz CT molecular complexity index is 1350. The summed E-state index contributed by atoms with van der Waals surface area (Å²) in [7, 11) is 3.11. The molecule has 0 saturated carbocycles. The van der Waals surface area contributed by atoms with Gasteiger partial charge in [-0.15, -0.1) is 0 Å². The van der Waals surface area contributed by atoms with E-state index in [9.17, 15) is 9.59 Å². The summed E-state index contributed by atoms with van der Waals surface area (Å²) in [5.74, 6) is 1.74. The first-order valence-electron chi connectivity index (χ1n) is 9.84. The van der Waals surface area contributed by atoms with E-state index in [2.05, 4.69) is 10.1 Å². The Morgan fingerprint density at radius 3 is 2.52 bits per heavy atom. The quantitative estimate of drug-likeness (QED) is 0.451. The van der Waals surface area contributed by atoms with E-state index < -0.39 is 5.69 Å². The predicted molar refractivity (Wildman–Crippen MR) is 115 cm³/mol. The second kappa shape index (κ2) is 8.47. The van der Waals surface area contributed by atoms with E-state index in [0.29, 0.717) is 46.8 Å². The highest BCUT2D eigenvalue weighted by molar-refractivity contribution is 5.77. The first-order valence-corrected chi connectivity index (χ1v) is 9.84. The molecule has 160 valence electrons. The summed E-state index contributed by atoms with van der Waals surface area (Å²) in [6, 6.07) is 12.3. The summed E-state index contributed by atoms with van der Waals surface area (Å²) >= 11 is 0. The molecule has 4 rings (SSSR count). The summed E-state index contributed by atoms with van der Waals surface area (Å²) in [5.41, 5.74) is 0.503. The van der Waals surface area contributed by atoms with Crippen LogP contribution in [0.25, 0.3) is 22.3 Å². The van der Waals surface area contributed by atoms with Crippen LogP contribution in [0.4, 0.5) is 0 Å². The summed E-state index contributed by atoms with van der Waals surface area (Å²) in [5, 5.41) is 4.50. The van der Waals surface area contributed by atoms with Crippen LogP contribution < -0.4 is 20.7 Å². The van der Waals surface area contributed by atoms with Gasteiger partial charge < -0.3 is 14.0 Å². The van der Waals surface area contributed by atoms with Crippen LogP contribution in [-0.4, -0.2) is 33.5 Å². The zero-order valence-corrected chi connectivity index (χ0v) is 17.5. The second-order valence-corrected chi connectivity index (χ2v) is 6.92. The molecule has 31 heavy (non-hydrogen) atoms. The third-order valence-corrected chi connectivity index (χ3v) is 4.98. The minimum atomic E-state index is -0.406. The summed E-state index contributed by atoms with van der Waals surface area (Å²) in [4.78, 5) is 30.2. The number of hydrogen-bond donors (Lipinski definition) is 0. The van der Waals surface area contributed by atoms with Crippen molar-refractivity contribution in [2.75, 3.05) is 14.2 Å². The highest BCUT2D eigenvalue weighted by Gasteiger charge is 2.17. The van der Waals surface area contributed by atoms with Crippen LogP contribution in [0.15, 0.2) is 56.6 Å². The van der Waals surface area contributed by atoms with Crippen molar-refractivity contribution < 1.29 is 14.0 Å². The van der Waals surface area contributed by atoms with E-state index in [1.165, 1.54) is 9.13 Å². The molecular weight excluding hydrogens is 400 g/mol. The minimum absolute atomic E-state index is 0.0453. The molecule has 0 aliphatic carbocycles.